The predicted molar refractivity (Wildman–Crippen MR) is 59.7 cm³/mol. The molecule has 0 aromatic rings. The summed E-state index contributed by atoms with van der Waals surface area (Å²) in [6, 6.07) is 0. The van der Waals surface area contributed by atoms with E-state index >= 15 is 0 Å². The first-order chi connectivity index (χ1) is 5.78. The van der Waals surface area contributed by atoms with E-state index in [0.717, 1.165) is 11.8 Å². The van der Waals surface area contributed by atoms with Crippen LogP contribution in [0.1, 0.15) is 60.8 Å². The third-order valence-electron chi connectivity index (χ3n) is 3.99. The maximum atomic E-state index is 2.48. The van der Waals surface area contributed by atoms with E-state index in [9.17, 15) is 0 Å². The van der Waals surface area contributed by atoms with Crippen LogP contribution in [0.25, 0.3) is 0 Å². The molecule has 1 aliphatic carbocycles. The van der Waals surface area contributed by atoms with Gasteiger partial charge in [0.1, 0.15) is 0 Å². The molecule has 0 nitrogen and oxygen atoms in total. The van der Waals surface area contributed by atoms with Crippen molar-refractivity contribution in [3.05, 3.63) is 0 Å². The average Bonchev–Trinajstić information content (AvgIpc) is 1.96. The highest BCUT2D eigenvalue weighted by Crippen LogP contribution is 2.56. The third kappa shape index (κ3) is 2.27. The van der Waals surface area contributed by atoms with E-state index < -0.39 is 0 Å². The Morgan fingerprint density at radius 3 is 2.15 bits per heavy atom. The van der Waals surface area contributed by atoms with Crippen molar-refractivity contribution >= 4 is 0 Å². The van der Waals surface area contributed by atoms with Gasteiger partial charge in [-0.05, 0) is 35.5 Å². The molecule has 1 fully saturated rings. The highest BCUT2D eigenvalue weighted by atomic mass is 14.5. The lowest BCUT2D eigenvalue weighted by molar-refractivity contribution is -0.0471. The predicted octanol–water partition coefficient (Wildman–Crippen LogP) is 4.49. The van der Waals surface area contributed by atoms with E-state index in [4.69, 9.17) is 0 Å². The van der Waals surface area contributed by atoms with E-state index in [-0.39, 0.29) is 0 Å². The summed E-state index contributed by atoms with van der Waals surface area (Å²) < 4.78 is 0. The first-order valence-corrected chi connectivity index (χ1v) is 5.78. The van der Waals surface area contributed by atoms with Gasteiger partial charge in [-0.2, -0.15) is 0 Å². The Morgan fingerprint density at radius 2 is 1.85 bits per heavy atom. The Bertz CT molecular complexity index is 175. The monoisotopic (exact) mass is 182 g/mol. The van der Waals surface area contributed by atoms with E-state index in [1.807, 2.05) is 0 Å². The molecule has 1 rings (SSSR count). The molecule has 0 aromatic carbocycles. The van der Waals surface area contributed by atoms with E-state index in [1.54, 1.807) is 0 Å². The summed E-state index contributed by atoms with van der Waals surface area (Å²) >= 11 is 0. The Balaban J connectivity index is 2.52. The van der Waals surface area contributed by atoms with Gasteiger partial charge in [0.05, 0.1) is 0 Å². The normalized spacial score (nSPS) is 40.2. The minimum absolute atomic E-state index is 0.502. The van der Waals surface area contributed by atoms with Gasteiger partial charge in [0, 0.05) is 0 Å². The van der Waals surface area contributed by atoms with Gasteiger partial charge in [0.2, 0.25) is 0 Å². The second-order valence-electron chi connectivity index (χ2n) is 6.55. The topological polar surface area (TPSA) is 0 Å². The van der Waals surface area contributed by atoms with Crippen molar-refractivity contribution in [2.75, 3.05) is 0 Å². The third-order valence-corrected chi connectivity index (χ3v) is 3.99. The number of hydrogen-bond acceptors (Lipinski definition) is 0. The Labute approximate surface area is 84.1 Å². The van der Waals surface area contributed by atoms with Crippen LogP contribution < -0.4 is 0 Å². The summed E-state index contributed by atoms with van der Waals surface area (Å²) in [5.41, 5.74) is 1.14. The highest BCUT2D eigenvalue weighted by molar-refractivity contribution is 4.97. The highest BCUT2D eigenvalue weighted by Gasteiger charge is 2.47. The minimum Gasteiger partial charge on any atom is -0.0651 e. The van der Waals surface area contributed by atoms with Crippen LogP contribution in [0.2, 0.25) is 0 Å². The Hall–Kier alpha value is 0. The molecule has 78 valence electrons. The fourth-order valence-corrected chi connectivity index (χ4v) is 3.31. The Morgan fingerprint density at radius 1 is 1.31 bits per heavy atom. The smallest absolute Gasteiger partial charge is 0.0290 e. The summed E-state index contributed by atoms with van der Waals surface area (Å²) in [6.45, 7) is 14.4. The molecule has 0 N–H and O–H groups in total. The van der Waals surface area contributed by atoms with Crippen LogP contribution in [0.3, 0.4) is 0 Å². The quantitative estimate of drug-likeness (QED) is 0.590. The molecule has 0 aromatic heterocycles. The summed E-state index contributed by atoms with van der Waals surface area (Å²) in [5, 5.41) is 0. The molecule has 1 saturated carbocycles. The van der Waals surface area contributed by atoms with Crippen LogP contribution in [0.15, 0.2) is 0 Å². The van der Waals surface area contributed by atoms with Gasteiger partial charge in [-0.3, -0.25) is 0 Å². The van der Waals surface area contributed by atoms with Crippen LogP contribution in [0.5, 0.6) is 0 Å². The lowest BCUT2D eigenvalue weighted by Gasteiger charge is -2.54. The molecule has 0 spiro atoms. The van der Waals surface area contributed by atoms with Gasteiger partial charge >= 0.3 is 0 Å². The minimum atomic E-state index is 0.502. The fraction of sp³-hybridized carbons (Fsp3) is 1.00. The van der Waals surface area contributed by atoms with Gasteiger partial charge in [-0.1, -0.05) is 48.0 Å². The second-order valence-corrected chi connectivity index (χ2v) is 6.55. The van der Waals surface area contributed by atoms with Crippen molar-refractivity contribution in [3.8, 4) is 0 Å². The van der Waals surface area contributed by atoms with Gasteiger partial charge in [-0.25, -0.2) is 0 Å². The summed E-state index contributed by atoms with van der Waals surface area (Å²) in [7, 11) is 0. The Kier molecular flexibility index (Phi) is 2.81. The van der Waals surface area contributed by atoms with Gasteiger partial charge in [-0.15, -0.1) is 0 Å². The number of rotatable bonds is 2. The fourth-order valence-electron chi connectivity index (χ4n) is 3.31. The van der Waals surface area contributed by atoms with Crippen LogP contribution >= 0.6 is 0 Å². The molecule has 0 amide bonds. The van der Waals surface area contributed by atoms with Crippen molar-refractivity contribution in [1.82, 2.24) is 0 Å². The molecule has 0 radical (unpaired) electrons. The van der Waals surface area contributed by atoms with Crippen LogP contribution in [0, 0.1) is 22.7 Å². The van der Waals surface area contributed by atoms with E-state index in [1.165, 1.54) is 19.3 Å². The van der Waals surface area contributed by atoms with Crippen molar-refractivity contribution in [3.63, 3.8) is 0 Å². The average molecular weight is 182 g/mol. The van der Waals surface area contributed by atoms with Crippen LogP contribution in [0.4, 0.5) is 0 Å². The van der Waals surface area contributed by atoms with Crippen molar-refractivity contribution < 1.29 is 0 Å². The first-order valence-electron chi connectivity index (χ1n) is 5.78. The van der Waals surface area contributed by atoms with Crippen LogP contribution in [-0.4, -0.2) is 0 Å². The van der Waals surface area contributed by atoms with Crippen molar-refractivity contribution in [2.24, 2.45) is 22.7 Å². The molecule has 0 bridgehead atoms. The molecule has 13 heavy (non-hydrogen) atoms. The molecule has 0 heterocycles. The van der Waals surface area contributed by atoms with Crippen molar-refractivity contribution in [1.29, 1.82) is 0 Å². The zero-order valence-corrected chi connectivity index (χ0v) is 10.3. The van der Waals surface area contributed by atoms with E-state index in [0.29, 0.717) is 10.8 Å². The molecule has 0 heteroatoms. The SMILES string of the molecule is CCC1CC(C)(CC(C)(C)C)C1C. The first kappa shape index (κ1) is 11.1. The van der Waals surface area contributed by atoms with Crippen molar-refractivity contribution in [2.45, 2.75) is 60.8 Å². The zero-order valence-electron chi connectivity index (χ0n) is 10.3. The molecular weight excluding hydrogens is 156 g/mol. The lowest BCUT2D eigenvalue weighted by atomic mass is 9.51. The largest absolute Gasteiger partial charge is 0.0651 e. The van der Waals surface area contributed by atoms with Gasteiger partial charge in [0.25, 0.3) is 0 Å². The summed E-state index contributed by atoms with van der Waals surface area (Å²) in [5.74, 6) is 1.95. The second kappa shape index (κ2) is 3.29. The molecular formula is C13H26. The maximum absolute atomic E-state index is 2.48. The summed E-state index contributed by atoms with van der Waals surface area (Å²) in [6.07, 6.45) is 4.22. The lowest BCUT2D eigenvalue weighted by Crippen LogP contribution is -2.46. The van der Waals surface area contributed by atoms with Crippen LogP contribution in [-0.2, 0) is 0 Å². The standard InChI is InChI=1S/C13H26/c1-7-11-8-13(6,10(11)2)9-12(3,4)5/h10-11H,7-9H2,1-6H3. The molecule has 0 saturated heterocycles. The van der Waals surface area contributed by atoms with E-state index in [2.05, 4.69) is 41.5 Å². The van der Waals surface area contributed by atoms with Gasteiger partial charge < -0.3 is 0 Å². The summed E-state index contributed by atoms with van der Waals surface area (Å²) in [4.78, 5) is 0. The molecule has 0 aliphatic heterocycles. The molecule has 3 unspecified atom stereocenters. The number of hydrogen-bond donors (Lipinski definition) is 0. The van der Waals surface area contributed by atoms with Gasteiger partial charge in [0.15, 0.2) is 0 Å². The molecule has 1 aliphatic rings. The maximum Gasteiger partial charge on any atom is -0.0290 e. The molecule has 3 atom stereocenters. The zero-order chi connectivity index (χ0) is 10.3.